The van der Waals surface area contributed by atoms with Crippen LogP contribution in [-0.2, 0) is 13.2 Å². The average Bonchev–Trinajstić information content (AvgIpc) is 2.91. The van der Waals surface area contributed by atoms with Gasteiger partial charge in [0.05, 0.1) is 24.1 Å². The lowest BCUT2D eigenvalue weighted by atomic mass is 10.2. The Balaban J connectivity index is 0.00000176. The van der Waals surface area contributed by atoms with Crippen LogP contribution in [0, 0.1) is 5.92 Å². The van der Waals surface area contributed by atoms with Crippen LogP contribution in [0.2, 0.25) is 5.02 Å². The van der Waals surface area contributed by atoms with Gasteiger partial charge in [-0.1, -0.05) is 48.9 Å². The van der Waals surface area contributed by atoms with Crippen LogP contribution in [0.4, 0.5) is 0 Å². The van der Waals surface area contributed by atoms with E-state index in [0.29, 0.717) is 24.8 Å². The topological polar surface area (TPSA) is 81.0 Å². The van der Waals surface area contributed by atoms with Crippen LogP contribution in [0.25, 0.3) is 10.9 Å². The predicted molar refractivity (Wildman–Crippen MR) is 143 cm³/mol. The molecule has 188 valence electrons. The lowest BCUT2D eigenvalue weighted by molar-refractivity contribution is 0.261. The van der Waals surface area contributed by atoms with Crippen LogP contribution < -0.4 is 14.2 Å². The Bertz CT molecular complexity index is 1260. The molecule has 1 aromatic heterocycles. The Kier molecular flexibility index (Phi) is 10.4. The third-order valence-corrected chi connectivity index (χ3v) is 5.44. The lowest BCUT2D eigenvalue weighted by Crippen LogP contribution is -2.08. The predicted octanol–water partition coefficient (Wildman–Crippen LogP) is 6.74. The van der Waals surface area contributed by atoms with Crippen molar-refractivity contribution in [2.24, 2.45) is 5.92 Å². The van der Waals surface area contributed by atoms with Gasteiger partial charge in [-0.15, -0.1) is 0 Å². The summed E-state index contributed by atoms with van der Waals surface area (Å²) in [6.45, 7) is 3.18. The minimum atomic E-state index is 0.106. The largest absolute Gasteiger partial charge is 0.516 e. The van der Waals surface area contributed by atoms with E-state index < -0.39 is 0 Å². The second-order valence-corrected chi connectivity index (χ2v) is 8.36. The quantitative estimate of drug-likeness (QED) is 0.231. The van der Waals surface area contributed by atoms with Gasteiger partial charge in [0.1, 0.15) is 30.5 Å². The first-order chi connectivity index (χ1) is 17.6. The van der Waals surface area contributed by atoms with Crippen molar-refractivity contribution in [2.75, 3.05) is 13.7 Å². The van der Waals surface area contributed by atoms with E-state index in [4.69, 9.17) is 36.0 Å². The summed E-state index contributed by atoms with van der Waals surface area (Å²) >= 11 is 6.07. The molecule has 0 aliphatic carbocycles. The minimum absolute atomic E-state index is 0.106. The minimum Gasteiger partial charge on any atom is -0.516 e. The summed E-state index contributed by atoms with van der Waals surface area (Å²) in [4.78, 5) is 4.61. The highest BCUT2D eigenvalue weighted by atomic mass is 35.5. The number of benzene rings is 3. The summed E-state index contributed by atoms with van der Waals surface area (Å²) in [5.41, 5.74) is 2.63. The second kappa shape index (κ2) is 14.0. The molecule has 0 fully saturated rings. The molecular formula is C29H30ClNO5. The van der Waals surface area contributed by atoms with Crippen LogP contribution >= 0.6 is 11.6 Å². The Morgan fingerprint density at radius 2 is 1.53 bits per heavy atom. The van der Waals surface area contributed by atoms with Gasteiger partial charge in [-0.05, 0) is 54.6 Å². The number of halogens is 1. The number of para-hydroxylation sites is 1. The summed E-state index contributed by atoms with van der Waals surface area (Å²) in [5.74, 6) is 2.34. The van der Waals surface area contributed by atoms with Gasteiger partial charge in [0.25, 0.3) is 0 Å². The molecule has 4 aromatic rings. The molecule has 0 aliphatic rings. The lowest BCUT2D eigenvalue weighted by Gasteiger charge is -2.14. The molecule has 1 unspecified atom stereocenters. The van der Waals surface area contributed by atoms with Crippen LogP contribution in [0.3, 0.4) is 0 Å². The van der Waals surface area contributed by atoms with Crippen LogP contribution in [0.1, 0.15) is 18.2 Å². The van der Waals surface area contributed by atoms with Crippen molar-refractivity contribution in [3.05, 3.63) is 107 Å². The number of rotatable bonds is 10. The fraction of sp³-hybridized carbons (Fsp3) is 0.207. The number of aromatic nitrogens is 1. The Morgan fingerprint density at radius 3 is 2.25 bits per heavy atom. The molecule has 0 aliphatic heterocycles. The Hall–Kier alpha value is -3.74. The van der Waals surface area contributed by atoms with Crippen molar-refractivity contribution in [1.29, 1.82) is 0 Å². The summed E-state index contributed by atoms with van der Waals surface area (Å²) < 4.78 is 17.7. The van der Waals surface area contributed by atoms with E-state index >= 15 is 0 Å². The van der Waals surface area contributed by atoms with Crippen molar-refractivity contribution in [2.45, 2.75) is 20.1 Å². The first-order valence-corrected chi connectivity index (χ1v) is 11.9. The summed E-state index contributed by atoms with van der Waals surface area (Å²) in [5, 5.41) is 17.6. The molecular weight excluding hydrogens is 478 g/mol. The van der Waals surface area contributed by atoms with Crippen LogP contribution in [-0.4, -0.2) is 28.9 Å². The van der Waals surface area contributed by atoms with E-state index in [1.807, 2.05) is 85.8 Å². The van der Waals surface area contributed by atoms with E-state index in [0.717, 1.165) is 52.8 Å². The number of aliphatic hydroxyl groups excluding tert-OH is 2. The van der Waals surface area contributed by atoms with Gasteiger partial charge >= 0.3 is 0 Å². The number of hydrogen-bond donors (Lipinski definition) is 2. The number of hydrogen-bond acceptors (Lipinski definition) is 6. The first kappa shape index (κ1) is 26.9. The van der Waals surface area contributed by atoms with Gasteiger partial charge in [0.2, 0.25) is 0 Å². The van der Waals surface area contributed by atoms with E-state index in [2.05, 4.69) is 4.98 Å². The van der Waals surface area contributed by atoms with Gasteiger partial charge in [-0.25, -0.2) is 4.98 Å². The molecule has 7 heteroatoms. The first-order valence-electron chi connectivity index (χ1n) is 11.5. The third kappa shape index (κ3) is 7.90. The summed E-state index contributed by atoms with van der Waals surface area (Å²) in [7, 11) is 1.00. The second-order valence-electron chi connectivity index (χ2n) is 7.93. The maximum absolute atomic E-state index is 8.88. The molecule has 1 atom stereocenters. The normalized spacial score (nSPS) is 11.6. The van der Waals surface area contributed by atoms with E-state index in [1.54, 1.807) is 6.08 Å². The average molecular weight is 508 g/mol. The molecule has 0 amide bonds. The molecule has 36 heavy (non-hydrogen) atoms. The van der Waals surface area contributed by atoms with Gasteiger partial charge in [-0.3, -0.25) is 0 Å². The number of nitrogens with zero attached hydrogens (tertiary/aromatic N) is 1. The molecule has 1 heterocycles. The molecule has 2 N–H and O–H groups in total. The zero-order chi connectivity index (χ0) is 25.8. The Morgan fingerprint density at radius 1 is 0.861 bits per heavy atom. The molecule has 0 saturated heterocycles. The van der Waals surface area contributed by atoms with Crippen molar-refractivity contribution in [3.8, 4) is 17.2 Å². The number of aliphatic hydroxyl groups is 2. The van der Waals surface area contributed by atoms with E-state index in [1.165, 1.54) is 0 Å². The van der Waals surface area contributed by atoms with Gasteiger partial charge in [0, 0.05) is 29.0 Å². The number of ether oxygens (including phenoxy) is 3. The smallest absolute Gasteiger partial charge is 0.130 e. The van der Waals surface area contributed by atoms with Crippen LogP contribution in [0.15, 0.2) is 91.2 Å². The highest BCUT2D eigenvalue weighted by Gasteiger charge is 2.07. The fourth-order valence-electron chi connectivity index (χ4n) is 3.35. The van der Waals surface area contributed by atoms with Crippen molar-refractivity contribution < 1.29 is 24.4 Å². The van der Waals surface area contributed by atoms with Crippen molar-refractivity contribution in [3.63, 3.8) is 0 Å². The fourth-order valence-corrected chi connectivity index (χ4v) is 3.52. The van der Waals surface area contributed by atoms with E-state index in [9.17, 15) is 0 Å². The maximum atomic E-state index is 8.88. The van der Waals surface area contributed by atoms with Crippen LogP contribution in [0.5, 0.6) is 17.2 Å². The third-order valence-electron chi connectivity index (χ3n) is 5.21. The molecule has 0 saturated carbocycles. The van der Waals surface area contributed by atoms with Gasteiger partial charge in [0.15, 0.2) is 0 Å². The number of pyridine rings is 1. The molecule has 0 bridgehead atoms. The number of fused-ring (bicyclic) bond motifs is 1. The molecule has 0 radical (unpaired) electrons. The molecule has 3 aromatic carbocycles. The SMILES string of the molecule is CC(C=CO)COc1ccccc1COc1ccc(OCc2ccc3ccc(Cl)cc3n2)cc1.CO. The molecule has 6 nitrogen and oxygen atoms in total. The van der Waals surface area contributed by atoms with Crippen molar-refractivity contribution in [1.82, 2.24) is 4.98 Å². The summed E-state index contributed by atoms with van der Waals surface area (Å²) in [6.07, 6.45) is 2.74. The van der Waals surface area contributed by atoms with Gasteiger partial charge in [-0.2, -0.15) is 0 Å². The monoisotopic (exact) mass is 507 g/mol. The summed E-state index contributed by atoms with van der Waals surface area (Å²) in [6, 6.07) is 24.9. The zero-order valence-electron chi connectivity index (χ0n) is 20.3. The van der Waals surface area contributed by atoms with Gasteiger partial charge < -0.3 is 24.4 Å². The highest BCUT2D eigenvalue weighted by Crippen LogP contribution is 2.24. The highest BCUT2D eigenvalue weighted by molar-refractivity contribution is 6.31. The van der Waals surface area contributed by atoms with E-state index in [-0.39, 0.29) is 5.92 Å². The maximum Gasteiger partial charge on any atom is 0.130 e. The Labute approximate surface area is 216 Å². The molecule has 0 spiro atoms. The standard InChI is InChI=1S/C28H26ClNO4.CH4O/c1-20(14-15-31)17-34-28-5-3-2-4-22(28)18-32-25-10-12-26(13-11-25)33-19-24-9-7-21-6-8-23(29)16-27(21)30-24;1-2/h2-16,20,31H,17-19H2,1H3;2H,1H3. The molecule has 4 rings (SSSR count). The zero-order valence-corrected chi connectivity index (χ0v) is 21.1. The van der Waals surface area contributed by atoms with Crippen molar-refractivity contribution >= 4 is 22.5 Å².